The highest BCUT2D eigenvalue weighted by molar-refractivity contribution is 5.43. The zero-order valence-corrected chi connectivity index (χ0v) is 7.00. The Labute approximate surface area is 75.2 Å². The molecule has 1 aromatic rings. The lowest BCUT2D eigenvalue weighted by atomic mass is 10.3. The number of benzene rings is 1. The fraction of sp³-hybridized carbons (Fsp3) is 0.333. The summed E-state index contributed by atoms with van der Waals surface area (Å²) < 4.78 is 24.4. The minimum absolute atomic E-state index is 0.0833. The lowest BCUT2D eigenvalue weighted by Gasteiger charge is -2.08. The van der Waals surface area contributed by atoms with Crippen LogP contribution in [-0.2, 0) is 0 Å². The lowest BCUT2D eigenvalue weighted by molar-refractivity contribution is 0.151. The summed E-state index contributed by atoms with van der Waals surface area (Å²) in [7, 11) is 0. The molecule has 1 rings (SSSR count). The summed E-state index contributed by atoms with van der Waals surface area (Å²) >= 11 is 0. The molecule has 72 valence electrons. The van der Waals surface area contributed by atoms with Gasteiger partial charge in [-0.1, -0.05) is 6.07 Å². The zero-order chi connectivity index (χ0) is 9.68. The molecule has 4 heteroatoms. The van der Waals surface area contributed by atoms with E-state index in [0.29, 0.717) is 5.69 Å². The van der Waals surface area contributed by atoms with Gasteiger partial charge in [0.1, 0.15) is 12.5 Å². The molecule has 1 aromatic carbocycles. The molecule has 0 fully saturated rings. The Balaban J connectivity index is 2.45. The van der Waals surface area contributed by atoms with Crippen LogP contribution < -0.4 is 5.32 Å². The van der Waals surface area contributed by atoms with Crippen molar-refractivity contribution >= 4 is 5.69 Å². The van der Waals surface area contributed by atoms with Gasteiger partial charge in [-0.15, -0.1) is 0 Å². The Morgan fingerprint density at radius 2 is 2.23 bits per heavy atom. The molecule has 0 bridgehead atoms. The predicted octanol–water partition coefficient (Wildman–Crippen LogP) is 1.57. The summed E-state index contributed by atoms with van der Waals surface area (Å²) in [6.45, 7) is -0.720. The fourth-order valence-electron chi connectivity index (χ4n) is 0.889. The third-order valence-corrected chi connectivity index (χ3v) is 1.54. The first kappa shape index (κ1) is 9.92. The summed E-state index contributed by atoms with van der Waals surface area (Å²) in [5.41, 5.74) is 0.535. The van der Waals surface area contributed by atoms with Crippen molar-refractivity contribution in [3.05, 3.63) is 30.1 Å². The number of hydrogen-bond donors (Lipinski definition) is 2. The highest BCUT2D eigenvalue weighted by Gasteiger charge is 2.02. The molecule has 0 radical (unpaired) electrons. The van der Waals surface area contributed by atoms with Gasteiger partial charge >= 0.3 is 0 Å². The van der Waals surface area contributed by atoms with Crippen molar-refractivity contribution in [2.24, 2.45) is 0 Å². The van der Waals surface area contributed by atoms with E-state index in [1.165, 1.54) is 12.1 Å². The maximum atomic E-state index is 12.6. The predicted molar refractivity (Wildman–Crippen MR) is 46.9 cm³/mol. The van der Waals surface area contributed by atoms with E-state index in [2.05, 4.69) is 5.32 Å². The number of halogens is 2. The number of aliphatic hydroxyl groups excluding tert-OH is 1. The highest BCUT2D eigenvalue weighted by atomic mass is 19.1. The first-order chi connectivity index (χ1) is 6.22. The molecule has 0 aliphatic rings. The Kier molecular flexibility index (Phi) is 3.64. The van der Waals surface area contributed by atoms with Crippen LogP contribution in [0.4, 0.5) is 14.5 Å². The number of alkyl halides is 1. The van der Waals surface area contributed by atoms with E-state index in [1.54, 1.807) is 12.1 Å². The van der Waals surface area contributed by atoms with Crippen molar-refractivity contribution in [3.8, 4) is 0 Å². The maximum absolute atomic E-state index is 12.6. The minimum Gasteiger partial charge on any atom is -0.389 e. The molecule has 0 aromatic heterocycles. The van der Waals surface area contributed by atoms with Crippen molar-refractivity contribution in [2.45, 2.75) is 6.10 Å². The normalized spacial score (nSPS) is 12.5. The summed E-state index contributed by atoms with van der Waals surface area (Å²) in [5.74, 6) is -0.361. The van der Waals surface area contributed by atoms with Crippen LogP contribution in [0.2, 0.25) is 0 Å². The van der Waals surface area contributed by atoms with Crippen LogP contribution in [0.5, 0.6) is 0 Å². The zero-order valence-electron chi connectivity index (χ0n) is 7.00. The van der Waals surface area contributed by atoms with E-state index in [-0.39, 0.29) is 12.4 Å². The number of nitrogens with one attached hydrogen (secondary N) is 1. The molecule has 0 aliphatic carbocycles. The van der Waals surface area contributed by atoms with E-state index in [1.807, 2.05) is 0 Å². The van der Waals surface area contributed by atoms with Crippen LogP contribution in [-0.4, -0.2) is 24.4 Å². The van der Waals surface area contributed by atoms with Crippen LogP contribution in [0.3, 0.4) is 0 Å². The van der Waals surface area contributed by atoms with Gasteiger partial charge in [-0.3, -0.25) is 0 Å². The van der Waals surface area contributed by atoms with Crippen LogP contribution in [0, 0.1) is 5.82 Å². The quantitative estimate of drug-likeness (QED) is 0.749. The van der Waals surface area contributed by atoms with Crippen LogP contribution in [0.25, 0.3) is 0 Å². The summed E-state index contributed by atoms with van der Waals surface area (Å²) in [4.78, 5) is 0. The number of anilines is 1. The molecule has 0 spiro atoms. The Hall–Kier alpha value is -1.16. The Morgan fingerprint density at radius 1 is 1.46 bits per heavy atom. The monoisotopic (exact) mass is 187 g/mol. The summed E-state index contributed by atoms with van der Waals surface area (Å²) in [6, 6.07) is 5.79. The number of rotatable bonds is 4. The van der Waals surface area contributed by atoms with E-state index in [4.69, 9.17) is 5.11 Å². The maximum Gasteiger partial charge on any atom is 0.125 e. The molecule has 1 atom stereocenters. The van der Waals surface area contributed by atoms with Gasteiger partial charge in [0.25, 0.3) is 0 Å². The first-order valence-corrected chi connectivity index (χ1v) is 3.96. The number of hydrogen-bond acceptors (Lipinski definition) is 2. The standard InChI is InChI=1S/C9H11F2NO/c10-5-9(13)6-12-8-3-1-2-7(11)4-8/h1-4,9,12-13H,5-6H2. The topological polar surface area (TPSA) is 32.3 Å². The van der Waals surface area contributed by atoms with Crippen molar-refractivity contribution in [1.29, 1.82) is 0 Å². The van der Waals surface area contributed by atoms with Crippen molar-refractivity contribution in [1.82, 2.24) is 0 Å². The van der Waals surface area contributed by atoms with Gasteiger partial charge in [0.2, 0.25) is 0 Å². The molecular weight excluding hydrogens is 176 g/mol. The van der Waals surface area contributed by atoms with Gasteiger partial charge in [-0.25, -0.2) is 8.78 Å². The highest BCUT2D eigenvalue weighted by Crippen LogP contribution is 2.08. The molecular formula is C9H11F2NO. The second-order valence-electron chi connectivity index (χ2n) is 2.70. The number of aliphatic hydroxyl groups is 1. The minimum atomic E-state index is -1.04. The van der Waals surface area contributed by atoms with Crippen LogP contribution in [0.15, 0.2) is 24.3 Å². The molecule has 0 saturated heterocycles. The Bertz CT molecular complexity index is 268. The van der Waals surface area contributed by atoms with Crippen LogP contribution >= 0.6 is 0 Å². The van der Waals surface area contributed by atoms with Crippen molar-refractivity contribution < 1.29 is 13.9 Å². The van der Waals surface area contributed by atoms with Gasteiger partial charge in [0, 0.05) is 12.2 Å². The third-order valence-electron chi connectivity index (χ3n) is 1.54. The van der Waals surface area contributed by atoms with Gasteiger partial charge < -0.3 is 10.4 Å². The lowest BCUT2D eigenvalue weighted by Crippen LogP contribution is -2.21. The van der Waals surface area contributed by atoms with Gasteiger partial charge in [-0.2, -0.15) is 0 Å². The van der Waals surface area contributed by atoms with Crippen LogP contribution in [0.1, 0.15) is 0 Å². The average Bonchev–Trinajstić information content (AvgIpc) is 2.14. The summed E-state index contributed by atoms with van der Waals surface area (Å²) in [5, 5.41) is 11.6. The molecule has 13 heavy (non-hydrogen) atoms. The van der Waals surface area contributed by atoms with Gasteiger partial charge in [0.15, 0.2) is 0 Å². The van der Waals surface area contributed by atoms with E-state index < -0.39 is 12.8 Å². The molecule has 0 saturated carbocycles. The third kappa shape index (κ3) is 3.38. The second-order valence-corrected chi connectivity index (χ2v) is 2.70. The summed E-state index contributed by atoms with van der Waals surface area (Å²) in [6.07, 6.45) is -1.04. The second kappa shape index (κ2) is 4.77. The first-order valence-electron chi connectivity index (χ1n) is 3.96. The molecule has 2 N–H and O–H groups in total. The fourth-order valence-corrected chi connectivity index (χ4v) is 0.889. The van der Waals surface area contributed by atoms with E-state index in [9.17, 15) is 8.78 Å². The SMILES string of the molecule is OC(CF)CNc1cccc(F)c1. The van der Waals surface area contributed by atoms with Crippen molar-refractivity contribution in [3.63, 3.8) is 0 Å². The molecule has 0 heterocycles. The largest absolute Gasteiger partial charge is 0.389 e. The molecule has 2 nitrogen and oxygen atoms in total. The molecule has 1 unspecified atom stereocenters. The molecule has 0 aliphatic heterocycles. The van der Waals surface area contributed by atoms with E-state index >= 15 is 0 Å². The molecule has 0 amide bonds. The van der Waals surface area contributed by atoms with Crippen molar-refractivity contribution in [2.75, 3.05) is 18.5 Å². The van der Waals surface area contributed by atoms with Gasteiger partial charge in [-0.05, 0) is 18.2 Å². The Morgan fingerprint density at radius 3 is 2.85 bits per heavy atom. The van der Waals surface area contributed by atoms with Gasteiger partial charge in [0.05, 0.1) is 6.10 Å². The van der Waals surface area contributed by atoms with E-state index in [0.717, 1.165) is 0 Å². The average molecular weight is 187 g/mol. The smallest absolute Gasteiger partial charge is 0.125 e.